The van der Waals surface area contributed by atoms with Crippen LogP contribution in [0.25, 0.3) is 0 Å². The van der Waals surface area contributed by atoms with E-state index in [1.54, 1.807) is 0 Å². The number of piperidine rings is 1. The summed E-state index contributed by atoms with van der Waals surface area (Å²) in [6, 6.07) is 1.80. The molecule has 1 aromatic rings. The van der Waals surface area contributed by atoms with Crippen molar-refractivity contribution in [2.75, 3.05) is 20.6 Å². The van der Waals surface area contributed by atoms with Crippen LogP contribution in [-0.2, 0) is 16.6 Å². The number of nitrogens with zero attached hydrogens (tertiary/aromatic N) is 1. The topological polar surface area (TPSA) is 59.0 Å². The normalized spacial score (nSPS) is 53.4. The summed E-state index contributed by atoms with van der Waals surface area (Å²) < 4.78 is 91.2. The molecule has 2 aliphatic heterocycles. The lowest BCUT2D eigenvalue weighted by Crippen LogP contribution is -2.76. The Morgan fingerprint density at radius 3 is 3.39 bits per heavy atom. The van der Waals surface area contributed by atoms with Crippen LogP contribution in [0.15, 0.2) is 12.1 Å². The highest BCUT2D eigenvalue weighted by Gasteiger charge is 2.72. The van der Waals surface area contributed by atoms with Crippen molar-refractivity contribution >= 4 is 5.78 Å². The Bertz CT molecular complexity index is 1060. The first-order valence-electron chi connectivity index (χ1n) is 12.5. The van der Waals surface area contributed by atoms with Gasteiger partial charge in [-0.15, -0.1) is 0 Å². The molecular formula is C18H21NO4. The number of benzene rings is 1. The molecule has 2 heterocycles. The molecule has 2 bridgehead atoms. The zero-order chi connectivity index (χ0) is 24.4. The minimum Gasteiger partial charge on any atom is -0.493 e. The molecule has 4 aliphatic rings. The predicted octanol–water partition coefficient (Wildman–Crippen LogP) is 1.05. The molecule has 1 saturated heterocycles. The van der Waals surface area contributed by atoms with E-state index in [1.165, 1.54) is 12.1 Å². The summed E-state index contributed by atoms with van der Waals surface area (Å²) in [7, 11) is -2.86. The second-order valence-electron chi connectivity index (χ2n) is 6.60. The summed E-state index contributed by atoms with van der Waals surface area (Å²) in [4.78, 5) is 14.5. The Morgan fingerprint density at radius 2 is 2.57 bits per heavy atom. The number of ketones is 1. The van der Waals surface area contributed by atoms with E-state index in [1.807, 2.05) is 0 Å². The highest BCUT2D eigenvalue weighted by atomic mass is 16.5. The van der Waals surface area contributed by atoms with E-state index in [0.717, 1.165) is 4.90 Å². The fourth-order valence-electron chi connectivity index (χ4n) is 4.84. The van der Waals surface area contributed by atoms with Crippen LogP contribution in [-0.4, -0.2) is 55.5 Å². The largest absolute Gasteiger partial charge is 0.493 e. The number of likely N-dealkylation sites (N-methyl/N-ethyl adjacent to an activating group) is 1. The van der Waals surface area contributed by atoms with Crippen molar-refractivity contribution in [2.24, 2.45) is 0 Å². The molecule has 23 heavy (non-hydrogen) atoms. The molecule has 1 N–H and O–H groups in total. The number of likely N-dealkylation sites (tertiary alicyclic amines) is 1. The third-order valence-electron chi connectivity index (χ3n) is 5.83. The van der Waals surface area contributed by atoms with Gasteiger partial charge in [-0.2, -0.15) is 0 Å². The van der Waals surface area contributed by atoms with Gasteiger partial charge in [-0.05, 0) is 44.4 Å². The third kappa shape index (κ3) is 1.32. The van der Waals surface area contributed by atoms with Gasteiger partial charge < -0.3 is 19.5 Å². The summed E-state index contributed by atoms with van der Waals surface area (Å²) in [5.74, 6) is -1.60. The van der Waals surface area contributed by atoms with Crippen molar-refractivity contribution in [3.8, 4) is 11.5 Å². The molecule has 5 nitrogen and oxygen atoms in total. The average molecular weight is 325 g/mol. The van der Waals surface area contributed by atoms with E-state index in [2.05, 4.69) is 0 Å². The number of hydrogen-bond acceptors (Lipinski definition) is 5. The number of ether oxygens (including phenoxy) is 2. The Hall–Kier alpha value is -1.59. The monoisotopic (exact) mass is 325 g/mol. The number of carbonyl (C=O) groups is 1. The Balaban J connectivity index is 1.85. The fraction of sp³-hybridized carbons (Fsp3) is 0.611. The maximum atomic E-state index is 13.3. The van der Waals surface area contributed by atoms with Gasteiger partial charge in [0.15, 0.2) is 23.4 Å². The maximum absolute atomic E-state index is 13.3. The lowest BCUT2D eigenvalue weighted by Gasteiger charge is -2.62. The van der Waals surface area contributed by atoms with E-state index in [9.17, 15) is 4.79 Å². The highest BCUT2D eigenvalue weighted by Crippen LogP contribution is 2.64. The second-order valence-corrected chi connectivity index (χ2v) is 6.60. The van der Waals surface area contributed by atoms with E-state index in [4.69, 9.17) is 28.4 Å². The molecule has 1 unspecified atom stereocenters. The van der Waals surface area contributed by atoms with Crippen molar-refractivity contribution in [3.63, 3.8) is 0 Å². The van der Waals surface area contributed by atoms with Gasteiger partial charge in [0.2, 0.25) is 1.43 Å². The van der Waals surface area contributed by atoms with Crippen molar-refractivity contribution in [2.45, 2.75) is 48.8 Å². The van der Waals surface area contributed by atoms with Crippen molar-refractivity contribution in [1.29, 1.82) is 1.43 Å². The van der Waals surface area contributed by atoms with E-state index in [-0.39, 0.29) is 36.4 Å². The highest BCUT2D eigenvalue weighted by molar-refractivity contribution is 5.90. The second kappa shape index (κ2) is 4.08. The van der Waals surface area contributed by atoms with E-state index >= 15 is 0 Å². The van der Waals surface area contributed by atoms with Crippen molar-refractivity contribution in [3.05, 3.63) is 23.3 Å². The average Bonchev–Trinajstić information content (AvgIpc) is 2.93. The Kier molecular flexibility index (Phi) is 1.26. The maximum Gasteiger partial charge on any atom is 0.211 e. The lowest BCUT2D eigenvalue weighted by atomic mass is 9.49. The molecule has 1 saturated carbocycles. The molecule has 5 heteroatoms. The summed E-state index contributed by atoms with van der Waals surface area (Å²) in [5.41, 5.74) is -2.88. The van der Waals surface area contributed by atoms with Crippen LogP contribution < -0.4 is 9.47 Å². The number of aliphatic hydroxyl groups is 1. The Morgan fingerprint density at radius 1 is 1.61 bits per heavy atom. The summed E-state index contributed by atoms with van der Waals surface area (Å²) in [6.45, 7) is -2.68. The van der Waals surface area contributed by atoms with Gasteiger partial charge in [0.1, 0.15) is 0 Å². The molecule has 0 radical (unpaired) electrons. The summed E-state index contributed by atoms with van der Waals surface area (Å²) in [5, 5.41) is 5.23. The predicted molar refractivity (Wildman–Crippen MR) is 83.0 cm³/mol. The third-order valence-corrected chi connectivity index (χ3v) is 5.83. The summed E-state index contributed by atoms with van der Waals surface area (Å²) >= 11 is 0. The molecule has 2 aliphatic carbocycles. The van der Waals surface area contributed by atoms with Crippen LogP contribution in [0.2, 0.25) is 0 Å². The molecule has 1 aromatic carbocycles. The molecule has 122 valence electrons. The standard InChI is InChI=1S/C18H21NO4/c1-19-8-7-17-14-10-3-4-12(22-2)15(14)23-16(17)11(20)5-6-18(17,21)13(19)9-10/h3-4,13,16,21H,5-9H2,1-2H3/t13-,16?,17+,18-/m1/s1/i1D3,2D3,5D2,16D,21D. The fourth-order valence-corrected chi connectivity index (χ4v) is 4.84. The molecule has 2 fully saturated rings. The minimum atomic E-state index is -2.86. The van der Waals surface area contributed by atoms with Crippen LogP contribution >= 0.6 is 0 Å². The van der Waals surface area contributed by atoms with Crippen LogP contribution in [0.3, 0.4) is 0 Å². The minimum absolute atomic E-state index is 0.0130. The quantitative estimate of drug-likeness (QED) is 0.881. The van der Waals surface area contributed by atoms with Gasteiger partial charge in [0.25, 0.3) is 0 Å². The first kappa shape index (κ1) is 7.11. The van der Waals surface area contributed by atoms with Gasteiger partial charge in [0, 0.05) is 24.8 Å². The molecule has 1 spiro atoms. The molecule has 0 aromatic heterocycles. The van der Waals surface area contributed by atoms with Gasteiger partial charge in [-0.3, -0.25) is 4.79 Å². The first-order valence-corrected chi connectivity index (χ1v) is 7.54. The zero-order valence-corrected chi connectivity index (χ0v) is 12.1. The van der Waals surface area contributed by atoms with Gasteiger partial charge in [-0.25, -0.2) is 0 Å². The molecule has 0 amide bonds. The number of hydrogen-bond donors (Lipinski definition) is 1. The molecule has 5 rings (SSSR count). The molecular weight excluding hydrogens is 294 g/mol. The van der Waals surface area contributed by atoms with Crippen LogP contribution in [0, 0.1) is 0 Å². The summed E-state index contributed by atoms with van der Waals surface area (Å²) in [6.07, 6.45) is -6.05. The van der Waals surface area contributed by atoms with Gasteiger partial charge in [-0.1, -0.05) is 6.07 Å². The number of rotatable bonds is 2. The SMILES string of the molecule is [2H]O[C@@]12CC([2H])([2H])C(=O)C3([2H])Oc4c(OC([2H])([2H])[2H])ccc5c4[C@@]31CCN(C([2H])([2H])[2H])[C@@H]2C5. The van der Waals surface area contributed by atoms with Crippen molar-refractivity contribution in [1.82, 2.24) is 4.90 Å². The number of carbonyl (C=O) groups excluding carboxylic acids is 1. The van der Waals surface area contributed by atoms with E-state index < -0.39 is 55.7 Å². The van der Waals surface area contributed by atoms with E-state index in [0.29, 0.717) is 5.56 Å². The van der Waals surface area contributed by atoms with Gasteiger partial charge in [0.05, 0.1) is 23.5 Å². The smallest absolute Gasteiger partial charge is 0.211 e. The first-order chi connectivity index (χ1) is 15.0. The lowest BCUT2D eigenvalue weighted by molar-refractivity contribution is -0.185. The number of Topliss-reactive ketones (excluding diaryl/α,β-unsaturated/α-hetero) is 1. The Labute approximate surface area is 149 Å². The molecule has 4 atom stereocenters. The van der Waals surface area contributed by atoms with Crippen molar-refractivity contribution < 1.29 is 31.7 Å². The number of methoxy groups -OCH3 is 1. The van der Waals surface area contributed by atoms with Crippen LogP contribution in [0.4, 0.5) is 0 Å². The van der Waals surface area contributed by atoms with Crippen LogP contribution in [0.5, 0.6) is 11.5 Å². The zero-order valence-electron chi connectivity index (χ0n) is 22.1. The van der Waals surface area contributed by atoms with Gasteiger partial charge >= 0.3 is 0 Å². The van der Waals surface area contributed by atoms with Crippen LogP contribution in [0.1, 0.15) is 42.7 Å².